The quantitative estimate of drug-likeness (QED) is 0.759. The van der Waals surface area contributed by atoms with Gasteiger partial charge in [0.25, 0.3) is 0 Å². The van der Waals surface area contributed by atoms with E-state index in [9.17, 15) is 23.0 Å². The van der Waals surface area contributed by atoms with E-state index in [1.807, 2.05) is 0 Å². The van der Waals surface area contributed by atoms with Crippen molar-refractivity contribution in [2.45, 2.75) is 34.5 Å². The molecular weight excluding hydrogens is 426 g/mol. The molecule has 1 fully saturated rings. The van der Waals surface area contributed by atoms with Crippen LogP contribution in [0.3, 0.4) is 0 Å². The predicted octanol–water partition coefficient (Wildman–Crippen LogP) is 3.20. The molecule has 2 aromatic carbocycles. The number of rotatable bonds is 3. The molecule has 2 aliphatic rings. The molecular formula is C20H19ClF2O5S. The normalized spacial score (nSPS) is 28.9. The van der Waals surface area contributed by atoms with Crippen molar-refractivity contribution < 1.29 is 32.1 Å². The van der Waals surface area contributed by atoms with E-state index in [0.717, 1.165) is 12.1 Å². The van der Waals surface area contributed by atoms with Crippen molar-refractivity contribution in [3.8, 4) is 5.75 Å². The molecule has 0 saturated heterocycles. The van der Waals surface area contributed by atoms with Crippen LogP contribution in [0.15, 0.2) is 41.3 Å². The first kappa shape index (κ1) is 20.5. The maximum absolute atomic E-state index is 15.0. The van der Waals surface area contributed by atoms with Gasteiger partial charge in [0, 0.05) is 10.9 Å². The second-order valence-electron chi connectivity index (χ2n) is 7.67. The number of aliphatic hydroxyl groups excluding tert-OH is 1. The molecule has 156 valence electrons. The van der Waals surface area contributed by atoms with Crippen LogP contribution in [-0.4, -0.2) is 37.4 Å². The van der Waals surface area contributed by atoms with E-state index in [0.29, 0.717) is 5.02 Å². The summed E-state index contributed by atoms with van der Waals surface area (Å²) in [5.74, 6) is -3.06. The fraction of sp³-hybridized carbons (Fsp3) is 0.400. The lowest BCUT2D eigenvalue weighted by molar-refractivity contribution is -0.0785. The molecule has 2 N–H and O–H groups in total. The third kappa shape index (κ3) is 2.96. The van der Waals surface area contributed by atoms with Crippen molar-refractivity contribution in [3.05, 3.63) is 58.6 Å². The van der Waals surface area contributed by atoms with Gasteiger partial charge in [-0.2, -0.15) is 0 Å². The average Bonchev–Trinajstić information content (AvgIpc) is 2.70. The number of fused-ring (bicyclic) bond motifs is 3. The van der Waals surface area contributed by atoms with Gasteiger partial charge >= 0.3 is 0 Å². The Bertz CT molecular complexity index is 1060. The number of sulfone groups is 1. The number of ether oxygens (including phenoxy) is 1. The molecule has 3 atom stereocenters. The zero-order chi connectivity index (χ0) is 21.0. The Labute approximate surface area is 171 Å². The lowest BCUT2D eigenvalue weighted by Crippen LogP contribution is -2.57. The molecule has 1 saturated carbocycles. The van der Waals surface area contributed by atoms with Crippen LogP contribution >= 0.6 is 11.6 Å². The zero-order valence-electron chi connectivity index (χ0n) is 15.2. The SMILES string of the molecule is O=S(=O)(c1ccc(Cl)cc1)[C@@]12CC[C@](O)(CO)C[C@@H]1COc1c(F)ccc(F)c12. The minimum atomic E-state index is -4.25. The van der Waals surface area contributed by atoms with Gasteiger partial charge in [0.05, 0.1) is 29.3 Å². The second-order valence-corrected chi connectivity index (χ2v) is 10.3. The summed E-state index contributed by atoms with van der Waals surface area (Å²) in [4.78, 5) is -0.0853. The van der Waals surface area contributed by atoms with Gasteiger partial charge in [-0.1, -0.05) is 11.6 Å². The Kier molecular flexibility index (Phi) is 4.89. The third-order valence-electron chi connectivity index (χ3n) is 6.06. The Morgan fingerprint density at radius 3 is 2.41 bits per heavy atom. The minimum Gasteiger partial charge on any atom is -0.490 e. The molecule has 0 radical (unpaired) electrons. The lowest BCUT2D eigenvalue weighted by Gasteiger charge is -2.51. The van der Waals surface area contributed by atoms with Gasteiger partial charge < -0.3 is 14.9 Å². The first-order valence-electron chi connectivity index (χ1n) is 9.09. The summed E-state index contributed by atoms with van der Waals surface area (Å²) in [5.41, 5.74) is -1.88. The van der Waals surface area contributed by atoms with Crippen molar-refractivity contribution in [2.75, 3.05) is 13.2 Å². The highest BCUT2D eigenvalue weighted by Gasteiger charge is 2.61. The van der Waals surface area contributed by atoms with Crippen LogP contribution in [0.1, 0.15) is 24.8 Å². The van der Waals surface area contributed by atoms with Gasteiger partial charge in [-0.25, -0.2) is 17.2 Å². The van der Waals surface area contributed by atoms with E-state index in [4.69, 9.17) is 16.3 Å². The van der Waals surface area contributed by atoms with Gasteiger partial charge in [0.1, 0.15) is 10.6 Å². The van der Waals surface area contributed by atoms with E-state index in [-0.39, 0.29) is 36.3 Å². The smallest absolute Gasteiger partial charge is 0.188 e. The zero-order valence-corrected chi connectivity index (χ0v) is 16.8. The standard InChI is InChI=1S/C20H19ClF2O5S/c21-13-1-3-14(4-2-13)29(26,27)20-8-7-19(25,11-24)9-12(20)10-28-18-16(23)6-5-15(22)17(18)20/h1-6,12,24-25H,7-11H2/t12-,19-,20+/m1/s1. The fourth-order valence-electron chi connectivity index (χ4n) is 4.58. The number of hydrogen-bond donors (Lipinski definition) is 2. The van der Waals surface area contributed by atoms with Crippen molar-refractivity contribution in [1.29, 1.82) is 0 Å². The van der Waals surface area contributed by atoms with E-state index in [1.165, 1.54) is 24.3 Å². The molecule has 4 rings (SSSR count). The molecule has 1 heterocycles. The van der Waals surface area contributed by atoms with Crippen molar-refractivity contribution in [2.24, 2.45) is 5.92 Å². The molecule has 9 heteroatoms. The van der Waals surface area contributed by atoms with Gasteiger partial charge in [0.15, 0.2) is 21.4 Å². The van der Waals surface area contributed by atoms with E-state index >= 15 is 4.39 Å². The highest BCUT2D eigenvalue weighted by molar-refractivity contribution is 7.92. The largest absolute Gasteiger partial charge is 0.490 e. The van der Waals surface area contributed by atoms with Crippen LogP contribution in [-0.2, 0) is 14.6 Å². The maximum Gasteiger partial charge on any atom is 0.188 e. The highest BCUT2D eigenvalue weighted by Crippen LogP contribution is 2.58. The first-order chi connectivity index (χ1) is 13.6. The van der Waals surface area contributed by atoms with Gasteiger partial charge in [-0.3, -0.25) is 0 Å². The van der Waals surface area contributed by atoms with Crippen LogP contribution in [0.5, 0.6) is 5.75 Å². The van der Waals surface area contributed by atoms with Crippen molar-refractivity contribution in [1.82, 2.24) is 0 Å². The third-order valence-corrected chi connectivity index (χ3v) is 8.90. The van der Waals surface area contributed by atoms with Crippen LogP contribution in [0.4, 0.5) is 8.78 Å². The maximum atomic E-state index is 15.0. The molecule has 0 unspecified atom stereocenters. The molecule has 0 spiro atoms. The Morgan fingerprint density at radius 1 is 1.10 bits per heavy atom. The van der Waals surface area contributed by atoms with Crippen molar-refractivity contribution >= 4 is 21.4 Å². The van der Waals surface area contributed by atoms with Gasteiger partial charge in [-0.15, -0.1) is 0 Å². The van der Waals surface area contributed by atoms with E-state index < -0.39 is 50.1 Å². The van der Waals surface area contributed by atoms with Crippen LogP contribution in [0, 0.1) is 17.6 Å². The molecule has 0 aromatic heterocycles. The molecule has 2 aromatic rings. The second kappa shape index (κ2) is 6.91. The molecule has 1 aliphatic heterocycles. The Hall–Kier alpha value is -1.74. The van der Waals surface area contributed by atoms with Crippen LogP contribution < -0.4 is 4.74 Å². The monoisotopic (exact) mass is 444 g/mol. The topological polar surface area (TPSA) is 83.8 Å². The molecule has 0 bridgehead atoms. The summed E-state index contributed by atoms with van der Waals surface area (Å²) in [5, 5.41) is 20.5. The van der Waals surface area contributed by atoms with E-state index in [1.54, 1.807) is 0 Å². The number of halogens is 3. The summed E-state index contributed by atoms with van der Waals surface area (Å²) >= 11 is 5.88. The number of hydrogen-bond acceptors (Lipinski definition) is 5. The fourth-order valence-corrected chi connectivity index (χ4v) is 7.04. The first-order valence-corrected chi connectivity index (χ1v) is 11.0. The summed E-state index contributed by atoms with van der Waals surface area (Å²) < 4.78 is 60.7. The Balaban J connectivity index is 2.00. The molecule has 5 nitrogen and oxygen atoms in total. The van der Waals surface area contributed by atoms with E-state index in [2.05, 4.69) is 0 Å². The summed E-state index contributed by atoms with van der Waals surface area (Å²) in [6.45, 7) is -0.804. The van der Waals surface area contributed by atoms with Crippen LogP contribution in [0.25, 0.3) is 0 Å². The van der Waals surface area contributed by atoms with Crippen molar-refractivity contribution in [3.63, 3.8) is 0 Å². The lowest BCUT2D eigenvalue weighted by atomic mass is 9.67. The minimum absolute atomic E-state index is 0.0853. The average molecular weight is 445 g/mol. The summed E-state index contributed by atoms with van der Waals surface area (Å²) in [6.07, 6.45) is -0.426. The molecule has 29 heavy (non-hydrogen) atoms. The molecule has 1 aliphatic carbocycles. The number of benzene rings is 2. The summed E-state index contributed by atoms with van der Waals surface area (Å²) in [7, 11) is -4.25. The van der Waals surface area contributed by atoms with Gasteiger partial charge in [-0.05, 0) is 55.7 Å². The highest BCUT2D eigenvalue weighted by atomic mass is 35.5. The molecule has 0 amide bonds. The Morgan fingerprint density at radius 2 is 1.76 bits per heavy atom. The van der Waals surface area contributed by atoms with Gasteiger partial charge in [0.2, 0.25) is 0 Å². The van der Waals surface area contributed by atoms with Crippen LogP contribution in [0.2, 0.25) is 5.02 Å². The summed E-state index contributed by atoms with van der Waals surface area (Å²) in [6, 6.07) is 7.24. The number of aliphatic hydroxyl groups is 2. The predicted molar refractivity (Wildman–Crippen MR) is 102 cm³/mol.